The van der Waals surface area contributed by atoms with Crippen molar-refractivity contribution in [3.8, 4) is 0 Å². The van der Waals surface area contributed by atoms with Gasteiger partial charge in [0, 0.05) is 19.0 Å². The van der Waals surface area contributed by atoms with Gasteiger partial charge in [0.2, 0.25) is 5.91 Å². The molecule has 0 aromatic heterocycles. The fourth-order valence-electron chi connectivity index (χ4n) is 1.33. The van der Waals surface area contributed by atoms with E-state index >= 15 is 0 Å². The van der Waals surface area contributed by atoms with E-state index in [1.54, 1.807) is 18.2 Å². The van der Waals surface area contributed by atoms with Crippen LogP contribution in [-0.2, 0) is 4.79 Å². The average molecular weight is 221 g/mol. The van der Waals surface area contributed by atoms with Gasteiger partial charge in [0.05, 0.1) is 0 Å². The molecule has 0 unspecified atom stereocenters. The maximum atomic E-state index is 13.3. The van der Waals surface area contributed by atoms with E-state index in [4.69, 9.17) is 0 Å². The molecule has 2 nitrogen and oxygen atoms in total. The van der Waals surface area contributed by atoms with E-state index in [-0.39, 0.29) is 11.7 Å². The van der Waals surface area contributed by atoms with Gasteiger partial charge in [-0.1, -0.05) is 23.8 Å². The first-order chi connectivity index (χ1) is 7.59. The van der Waals surface area contributed by atoms with Crippen LogP contribution in [0.15, 0.2) is 24.3 Å². The number of carbonyl (C=O) groups is 1. The molecule has 0 saturated carbocycles. The Hall–Kier alpha value is -1.64. The molecule has 0 aliphatic heterocycles. The molecule has 0 spiro atoms. The van der Waals surface area contributed by atoms with Gasteiger partial charge in [0.25, 0.3) is 0 Å². The molecular formula is C13H16FNO. The summed E-state index contributed by atoms with van der Waals surface area (Å²) in [5.41, 5.74) is 1.62. The number of hydrogen-bond donors (Lipinski definition) is 1. The van der Waals surface area contributed by atoms with E-state index in [0.717, 1.165) is 5.56 Å². The number of hydrogen-bond acceptors (Lipinski definition) is 1. The quantitative estimate of drug-likeness (QED) is 0.778. The van der Waals surface area contributed by atoms with E-state index < -0.39 is 0 Å². The summed E-state index contributed by atoms with van der Waals surface area (Å²) in [7, 11) is 0. The average Bonchev–Trinajstić information content (AvgIpc) is 2.22. The van der Waals surface area contributed by atoms with Crippen LogP contribution in [0.3, 0.4) is 0 Å². The van der Waals surface area contributed by atoms with E-state index in [2.05, 4.69) is 5.32 Å². The largest absolute Gasteiger partial charge is 0.356 e. The number of halogens is 1. The van der Waals surface area contributed by atoms with Crippen molar-refractivity contribution < 1.29 is 9.18 Å². The highest BCUT2D eigenvalue weighted by Gasteiger charge is 1.97. The summed E-state index contributed by atoms with van der Waals surface area (Å²) in [6, 6.07) is 5.00. The summed E-state index contributed by atoms with van der Waals surface area (Å²) in [5.74, 6) is -0.267. The van der Waals surface area contributed by atoms with Crippen LogP contribution in [0, 0.1) is 12.7 Å². The normalized spacial score (nSPS) is 10.7. The van der Waals surface area contributed by atoms with Crippen LogP contribution < -0.4 is 5.32 Å². The van der Waals surface area contributed by atoms with Gasteiger partial charge in [-0.25, -0.2) is 4.39 Å². The van der Waals surface area contributed by atoms with E-state index in [0.29, 0.717) is 18.5 Å². The molecule has 0 fully saturated rings. The molecule has 0 radical (unpaired) electrons. The zero-order valence-corrected chi connectivity index (χ0v) is 9.59. The van der Waals surface area contributed by atoms with Gasteiger partial charge in [-0.05, 0) is 25.5 Å². The third-order valence-corrected chi connectivity index (χ3v) is 2.13. The van der Waals surface area contributed by atoms with Crippen LogP contribution in [0.5, 0.6) is 0 Å². The Morgan fingerprint density at radius 1 is 1.50 bits per heavy atom. The Morgan fingerprint density at radius 3 is 2.94 bits per heavy atom. The molecule has 0 aliphatic carbocycles. The summed E-state index contributed by atoms with van der Waals surface area (Å²) in [6.07, 6.45) is 4.30. The van der Waals surface area contributed by atoms with E-state index in [1.807, 2.05) is 13.0 Å². The lowest BCUT2D eigenvalue weighted by Crippen LogP contribution is -2.20. The zero-order valence-electron chi connectivity index (χ0n) is 9.59. The minimum absolute atomic E-state index is 0.0462. The van der Waals surface area contributed by atoms with Gasteiger partial charge in [0.15, 0.2) is 0 Å². The lowest BCUT2D eigenvalue weighted by molar-refractivity contribution is -0.118. The third kappa shape index (κ3) is 4.26. The van der Waals surface area contributed by atoms with Crippen molar-refractivity contribution >= 4 is 12.0 Å². The van der Waals surface area contributed by atoms with E-state index in [9.17, 15) is 9.18 Å². The minimum Gasteiger partial charge on any atom is -0.356 e. The van der Waals surface area contributed by atoms with Crippen molar-refractivity contribution in [2.75, 3.05) is 6.54 Å². The number of amides is 1. The van der Waals surface area contributed by atoms with Gasteiger partial charge in [-0.2, -0.15) is 0 Å². The maximum Gasteiger partial charge on any atom is 0.216 e. The zero-order chi connectivity index (χ0) is 12.0. The lowest BCUT2D eigenvalue weighted by Gasteiger charge is -1.99. The molecule has 0 bridgehead atoms. The van der Waals surface area contributed by atoms with Gasteiger partial charge < -0.3 is 5.32 Å². The van der Waals surface area contributed by atoms with Gasteiger partial charge in [0.1, 0.15) is 5.82 Å². The molecule has 0 heterocycles. The summed E-state index contributed by atoms with van der Waals surface area (Å²) in [4.78, 5) is 10.6. The fraction of sp³-hybridized carbons (Fsp3) is 0.308. The summed E-state index contributed by atoms with van der Waals surface area (Å²) < 4.78 is 13.3. The maximum absolute atomic E-state index is 13.3. The van der Waals surface area contributed by atoms with Crippen LogP contribution in [0.25, 0.3) is 6.08 Å². The first-order valence-electron chi connectivity index (χ1n) is 5.26. The summed E-state index contributed by atoms with van der Waals surface area (Å²) >= 11 is 0. The van der Waals surface area contributed by atoms with Crippen molar-refractivity contribution in [1.82, 2.24) is 5.32 Å². The second-order valence-electron chi connectivity index (χ2n) is 3.70. The molecule has 3 heteroatoms. The molecule has 0 saturated heterocycles. The number of carbonyl (C=O) groups excluding carboxylic acids is 1. The highest BCUT2D eigenvalue weighted by atomic mass is 19.1. The topological polar surface area (TPSA) is 29.1 Å². The molecule has 1 amide bonds. The van der Waals surface area contributed by atoms with Gasteiger partial charge in [-0.3, -0.25) is 4.79 Å². The molecule has 16 heavy (non-hydrogen) atoms. The van der Waals surface area contributed by atoms with Crippen molar-refractivity contribution in [2.24, 2.45) is 0 Å². The number of benzene rings is 1. The smallest absolute Gasteiger partial charge is 0.216 e. The fourth-order valence-corrected chi connectivity index (χ4v) is 1.33. The second kappa shape index (κ2) is 6.05. The Bertz CT molecular complexity index is 399. The highest BCUT2D eigenvalue weighted by molar-refractivity contribution is 5.72. The SMILES string of the molecule is CC(=O)NCCC=Cc1cc(C)ccc1F. The number of aryl methyl sites for hydroxylation is 1. The molecule has 86 valence electrons. The van der Waals surface area contributed by atoms with Gasteiger partial charge in [-0.15, -0.1) is 0 Å². The Kier molecular flexibility index (Phi) is 4.70. The van der Waals surface area contributed by atoms with Crippen LogP contribution in [0.4, 0.5) is 4.39 Å². The minimum atomic E-state index is -0.221. The van der Waals surface area contributed by atoms with Crippen molar-refractivity contribution in [3.05, 3.63) is 41.2 Å². The number of nitrogens with one attached hydrogen (secondary N) is 1. The molecule has 1 aromatic carbocycles. The Balaban J connectivity index is 2.49. The summed E-state index contributed by atoms with van der Waals surface area (Å²) in [5, 5.41) is 2.67. The van der Waals surface area contributed by atoms with Crippen LogP contribution in [0.2, 0.25) is 0 Å². The van der Waals surface area contributed by atoms with Crippen molar-refractivity contribution in [2.45, 2.75) is 20.3 Å². The predicted octanol–water partition coefficient (Wildman–Crippen LogP) is 2.67. The Labute approximate surface area is 95.2 Å². The second-order valence-corrected chi connectivity index (χ2v) is 3.70. The first kappa shape index (κ1) is 12.4. The van der Waals surface area contributed by atoms with Crippen LogP contribution in [-0.4, -0.2) is 12.5 Å². The first-order valence-corrected chi connectivity index (χ1v) is 5.26. The number of rotatable bonds is 4. The molecule has 0 atom stereocenters. The third-order valence-electron chi connectivity index (χ3n) is 2.13. The molecule has 1 rings (SSSR count). The highest BCUT2D eigenvalue weighted by Crippen LogP contribution is 2.11. The monoisotopic (exact) mass is 221 g/mol. The van der Waals surface area contributed by atoms with Crippen molar-refractivity contribution in [1.29, 1.82) is 0 Å². The predicted molar refractivity (Wildman–Crippen MR) is 63.5 cm³/mol. The lowest BCUT2D eigenvalue weighted by atomic mass is 10.1. The summed E-state index contributed by atoms with van der Waals surface area (Å²) in [6.45, 7) is 3.98. The molecule has 1 N–H and O–H groups in total. The Morgan fingerprint density at radius 2 is 2.25 bits per heavy atom. The van der Waals surface area contributed by atoms with E-state index in [1.165, 1.54) is 13.0 Å². The molecular weight excluding hydrogens is 205 g/mol. The van der Waals surface area contributed by atoms with Crippen molar-refractivity contribution in [3.63, 3.8) is 0 Å². The van der Waals surface area contributed by atoms with Crippen LogP contribution in [0.1, 0.15) is 24.5 Å². The molecule has 1 aromatic rings. The van der Waals surface area contributed by atoms with Gasteiger partial charge >= 0.3 is 0 Å². The van der Waals surface area contributed by atoms with Crippen LogP contribution >= 0.6 is 0 Å². The molecule has 0 aliphatic rings. The standard InChI is InChI=1S/C13H16FNO/c1-10-6-7-13(14)12(9-10)5-3-4-8-15-11(2)16/h3,5-7,9H,4,8H2,1-2H3,(H,15,16).